The Kier molecular flexibility index (Phi) is 4.53. The molecule has 0 spiro atoms. The van der Waals surface area contributed by atoms with E-state index >= 15 is 0 Å². The molecule has 7 heteroatoms. The Bertz CT molecular complexity index is 792. The van der Waals surface area contributed by atoms with E-state index in [2.05, 4.69) is 16.1 Å². The number of fused-ring (bicyclic) bond motifs is 1. The van der Waals surface area contributed by atoms with Crippen LogP contribution in [0.3, 0.4) is 0 Å². The first kappa shape index (κ1) is 16.4. The minimum Gasteiger partial charge on any atom is -0.307 e. The van der Waals surface area contributed by atoms with Crippen molar-refractivity contribution in [2.75, 3.05) is 25.5 Å². The lowest BCUT2D eigenvalue weighted by molar-refractivity contribution is -0.120. The summed E-state index contributed by atoms with van der Waals surface area (Å²) >= 11 is 0. The second kappa shape index (κ2) is 6.60. The van der Waals surface area contributed by atoms with E-state index < -0.39 is 0 Å². The number of nitrogens with zero attached hydrogens (tertiary/aromatic N) is 5. The van der Waals surface area contributed by atoms with E-state index in [1.54, 1.807) is 7.05 Å². The van der Waals surface area contributed by atoms with Gasteiger partial charge in [0.15, 0.2) is 0 Å². The van der Waals surface area contributed by atoms with Crippen LogP contribution in [0.25, 0.3) is 0 Å². The average Bonchev–Trinajstić information content (AvgIpc) is 2.86. The SMILES string of the molecule is CN(C)CC1CCc2ccccc2N1C(=O)Cn1ncn(C)c1=O. The van der Waals surface area contributed by atoms with Crippen molar-refractivity contribution in [3.63, 3.8) is 0 Å². The third kappa shape index (κ3) is 3.12. The minimum absolute atomic E-state index is 0.0437. The van der Waals surface area contributed by atoms with Gasteiger partial charge >= 0.3 is 5.69 Å². The van der Waals surface area contributed by atoms with Crippen molar-refractivity contribution in [2.45, 2.75) is 25.4 Å². The molecular formula is C17H23N5O2. The quantitative estimate of drug-likeness (QED) is 0.819. The van der Waals surface area contributed by atoms with Gasteiger partial charge < -0.3 is 9.80 Å². The second-order valence-electron chi connectivity index (χ2n) is 6.53. The number of likely N-dealkylation sites (N-methyl/N-ethyl adjacent to an activating group) is 1. The zero-order chi connectivity index (χ0) is 17.3. The molecule has 1 atom stereocenters. The predicted molar refractivity (Wildman–Crippen MR) is 92.1 cm³/mol. The van der Waals surface area contributed by atoms with Crippen LogP contribution in [0.15, 0.2) is 35.4 Å². The van der Waals surface area contributed by atoms with Gasteiger partial charge in [-0.15, -0.1) is 0 Å². The molecule has 0 fully saturated rings. The number of para-hydroxylation sites is 1. The summed E-state index contributed by atoms with van der Waals surface area (Å²) in [6, 6.07) is 8.09. The molecule has 0 radical (unpaired) electrons. The number of amides is 1. The van der Waals surface area contributed by atoms with Gasteiger partial charge in [0.2, 0.25) is 5.91 Å². The summed E-state index contributed by atoms with van der Waals surface area (Å²) in [6.45, 7) is 0.745. The standard InChI is InChI=1S/C17H23N5O2/c1-19(2)10-14-9-8-13-6-4-5-7-15(13)22(14)16(23)11-21-17(24)20(3)12-18-21/h4-7,12,14H,8-11H2,1-3H3. The van der Waals surface area contributed by atoms with Crippen LogP contribution in [0.2, 0.25) is 0 Å². The van der Waals surface area contributed by atoms with Crippen LogP contribution in [-0.2, 0) is 24.8 Å². The molecule has 2 heterocycles. The van der Waals surface area contributed by atoms with Crippen LogP contribution in [0.1, 0.15) is 12.0 Å². The van der Waals surface area contributed by atoms with E-state index in [0.717, 1.165) is 25.1 Å². The molecular weight excluding hydrogens is 306 g/mol. The summed E-state index contributed by atoms with van der Waals surface area (Å²) in [7, 11) is 5.64. The van der Waals surface area contributed by atoms with Crippen molar-refractivity contribution in [2.24, 2.45) is 7.05 Å². The molecule has 0 saturated carbocycles. The highest BCUT2D eigenvalue weighted by atomic mass is 16.2. The molecule has 7 nitrogen and oxygen atoms in total. The lowest BCUT2D eigenvalue weighted by Gasteiger charge is -2.38. The Labute approximate surface area is 141 Å². The highest BCUT2D eigenvalue weighted by Crippen LogP contribution is 2.31. The lowest BCUT2D eigenvalue weighted by atomic mass is 9.95. The molecule has 24 heavy (non-hydrogen) atoms. The zero-order valence-electron chi connectivity index (χ0n) is 14.3. The number of rotatable bonds is 4. The van der Waals surface area contributed by atoms with Crippen LogP contribution in [-0.4, -0.2) is 51.8 Å². The maximum absolute atomic E-state index is 13.0. The molecule has 128 valence electrons. The van der Waals surface area contributed by atoms with Crippen molar-refractivity contribution >= 4 is 11.6 Å². The first-order valence-electron chi connectivity index (χ1n) is 8.10. The number of benzene rings is 1. The predicted octanol–water partition coefficient (Wildman–Crippen LogP) is 0.491. The number of aryl methyl sites for hydroxylation is 2. The smallest absolute Gasteiger partial charge is 0.307 e. The molecule has 1 aromatic carbocycles. The highest BCUT2D eigenvalue weighted by Gasteiger charge is 2.31. The van der Waals surface area contributed by atoms with E-state index in [1.165, 1.54) is 21.1 Å². The number of carbonyl (C=O) groups is 1. The first-order chi connectivity index (χ1) is 11.5. The van der Waals surface area contributed by atoms with Gasteiger partial charge in [-0.25, -0.2) is 9.48 Å². The fourth-order valence-corrected chi connectivity index (χ4v) is 3.27. The largest absolute Gasteiger partial charge is 0.345 e. The molecule has 3 rings (SSSR count). The molecule has 0 aliphatic carbocycles. The van der Waals surface area contributed by atoms with Gasteiger partial charge in [0.05, 0.1) is 0 Å². The summed E-state index contributed by atoms with van der Waals surface area (Å²) < 4.78 is 2.58. The Hall–Kier alpha value is -2.41. The van der Waals surface area contributed by atoms with E-state index in [1.807, 2.05) is 37.2 Å². The summed E-state index contributed by atoms with van der Waals surface area (Å²) in [5.41, 5.74) is 1.84. The van der Waals surface area contributed by atoms with Crippen molar-refractivity contribution < 1.29 is 4.79 Å². The topological polar surface area (TPSA) is 63.4 Å². The molecule has 1 aliphatic rings. The Morgan fingerprint density at radius 2 is 2.08 bits per heavy atom. The highest BCUT2D eigenvalue weighted by molar-refractivity contribution is 5.95. The minimum atomic E-state index is -0.280. The monoisotopic (exact) mass is 329 g/mol. The normalized spacial score (nSPS) is 17.2. The number of carbonyl (C=O) groups excluding carboxylic acids is 1. The zero-order valence-corrected chi connectivity index (χ0v) is 14.3. The molecule has 1 aromatic heterocycles. The van der Waals surface area contributed by atoms with E-state index in [9.17, 15) is 9.59 Å². The molecule has 1 amide bonds. The third-order valence-electron chi connectivity index (χ3n) is 4.38. The van der Waals surface area contributed by atoms with E-state index in [0.29, 0.717) is 0 Å². The molecule has 0 saturated heterocycles. The number of hydrogen-bond donors (Lipinski definition) is 0. The molecule has 2 aromatic rings. The van der Waals surface area contributed by atoms with Crippen molar-refractivity contribution in [3.05, 3.63) is 46.6 Å². The van der Waals surface area contributed by atoms with Crippen LogP contribution in [0.5, 0.6) is 0 Å². The third-order valence-corrected chi connectivity index (χ3v) is 4.38. The number of hydrogen-bond acceptors (Lipinski definition) is 4. The van der Waals surface area contributed by atoms with Gasteiger partial charge in [0.25, 0.3) is 0 Å². The van der Waals surface area contributed by atoms with Crippen molar-refractivity contribution in [1.29, 1.82) is 0 Å². The second-order valence-corrected chi connectivity index (χ2v) is 6.53. The van der Waals surface area contributed by atoms with Gasteiger partial charge in [-0.05, 0) is 38.6 Å². The van der Waals surface area contributed by atoms with Gasteiger partial charge in [-0.2, -0.15) is 5.10 Å². The average molecular weight is 329 g/mol. The molecule has 0 bridgehead atoms. The summed E-state index contributed by atoms with van der Waals surface area (Å²) in [6.07, 6.45) is 3.30. The Morgan fingerprint density at radius 3 is 2.75 bits per heavy atom. The van der Waals surface area contributed by atoms with Gasteiger partial charge in [-0.1, -0.05) is 18.2 Å². The van der Waals surface area contributed by atoms with Crippen LogP contribution < -0.4 is 10.6 Å². The van der Waals surface area contributed by atoms with E-state index in [-0.39, 0.29) is 24.2 Å². The van der Waals surface area contributed by atoms with E-state index in [4.69, 9.17) is 0 Å². The Balaban J connectivity index is 1.92. The van der Waals surface area contributed by atoms with Crippen LogP contribution in [0.4, 0.5) is 5.69 Å². The lowest BCUT2D eigenvalue weighted by Crippen LogP contribution is -2.50. The number of aromatic nitrogens is 3. The van der Waals surface area contributed by atoms with Gasteiger partial charge in [0, 0.05) is 25.3 Å². The molecule has 1 unspecified atom stereocenters. The summed E-state index contributed by atoms with van der Waals surface area (Å²) in [4.78, 5) is 28.9. The molecule has 0 N–H and O–H groups in total. The van der Waals surface area contributed by atoms with Crippen LogP contribution >= 0.6 is 0 Å². The van der Waals surface area contributed by atoms with Crippen molar-refractivity contribution in [1.82, 2.24) is 19.2 Å². The number of anilines is 1. The van der Waals surface area contributed by atoms with Gasteiger partial charge in [0.1, 0.15) is 12.9 Å². The maximum atomic E-state index is 13.0. The van der Waals surface area contributed by atoms with Gasteiger partial charge in [-0.3, -0.25) is 9.36 Å². The molecule has 1 aliphatic heterocycles. The summed E-state index contributed by atoms with van der Waals surface area (Å²) in [5, 5.41) is 4.00. The van der Waals surface area contributed by atoms with Crippen LogP contribution in [0, 0.1) is 0 Å². The summed E-state index contributed by atoms with van der Waals surface area (Å²) in [5.74, 6) is -0.102. The van der Waals surface area contributed by atoms with Crippen molar-refractivity contribution in [3.8, 4) is 0 Å². The first-order valence-corrected chi connectivity index (χ1v) is 8.10. The Morgan fingerprint density at radius 1 is 1.33 bits per heavy atom. The maximum Gasteiger partial charge on any atom is 0.345 e. The fourth-order valence-electron chi connectivity index (χ4n) is 3.27. The fraction of sp³-hybridized carbons (Fsp3) is 0.471.